The second kappa shape index (κ2) is 7.53. The normalized spacial score (nSPS) is 20.4. The van der Waals surface area contributed by atoms with Crippen molar-refractivity contribution in [1.29, 1.82) is 0 Å². The Balaban J connectivity index is 2.26. The molecule has 2 rings (SSSR count). The molecule has 0 spiro atoms. The minimum absolute atomic E-state index is 0.00243. The van der Waals surface area contributed by atoms with Crippen molar-refractivity contribution >= 4 is 33.3 Å². The molecule has 1 saturated heterocycles. The smallest absolute Gasteiger partial charge is 0.328 e. The molecular weight excluding hydrogens is 354 g/mol. The molecule has 0 unspecified atom stereocenters. The Labute approximate surface area is 146 Å². The summed E-state index contributed by atoms with van der Waals surface area (Å²) >= 11 is 6.09. The summed E-state index contributed by atoms with van der Waals surface area (Å²) in [6.07, 6.45) is 0.315. The van der Waals surface area contributed by atoms with Crippen LogP contribution in [0.5, 0.6) is 0 Å². The minimum atomic E-state index is -3.19. The van der Waals surface area contributed by atoms with Gasteiger partial charge in [0.25, 0.3) is 0 Å². The number of esters is 1. The molecular formula is C16H20ClNO5S. The number of rotatable bonds is 5. The van der Waals surface area contributed by atoms with Crippen LogP contribution in [0.3, 0.4) is 0 Å². The summed E-state index contributed by atoms with van der Waals surface area (Å²) in [6, 6.07) is 5.55. The first kappa shape index (κ1) is 18.7. The van der Waals surface area contributed by atoms with Crippen molar-refractivity contribution in [2.45, 2.75) is 31.8 Å². The highest BCUT2D eigenvalue weighted by Crippen LogP contribution is 2.23. The van der Waals surface area contributed by atoms with Gasteiger partial charge in [-0.3, -0.25) is 4.79 Å². The van der Waals surface area contributed by atoms with E-state index in [9.17, 15) is 18.0 Å². The molecule has 8 heteroatoms. The van der Waals surface area contributed by atoms with Crippen LogP contribution in [0.2, 0.25) is 5.02 Å². The van der Waals surface area contributed by atoms with Gasteiger partial charge in [-0.1, -0.05) is 29.8 Å². The van der Waals surface area contributed by atoms with E-state index in [2.05, 4.69) is 0 Å². The Morgan fingerprint density at radius 3 is 2.58 bits per heavy atom. The lowest BCUT2D eigenvalue weighted by Gasteiger charge is -2.32. The highest BCUT2D eigenvalue weighted by Gasteiger charge is 2.39. The van der Waals surface area contributed by atoms with Gasteiger partial charge in [0.2, 0.25) is 5.91 Å². The van der Waals surface area contributed by atoms with E-state index < -0.39 is 27.9 Å². The lowest BCUT2D eigenvalue weighted by molar-refractivity contribution is -0.153. The first-order chi connectivity index (χ1) is 11.2. The van der Waals surface area contributed by atoms with Crippen molar-refractivity contribution in [1.82, 2.24) is 4.90 Å². The number of carbonyl (C=O) groups is 2. The predicted molar refractivity (Wildman–Crippen MR) is 90.5 cm³/mol. The van der Waals surface area contributed by atoms with Gasteiger partial charge in [-0.05, 0) is 25.0 Å². The number of amides is 1. The number of hydrogen-bond acceptors (Lipinski definition) is 5. The molecule has 1 aromatic rings. The highest BCUT2D eigenvalue weighted by molar-refractivity contribution is 7.91. The summed E-state index contributed by atoms with van der Waals surface area (Å²) in [5.41, 5.74) is 0.632. The van der Waals surface area contributed by atoms with Crippen LogP contribution in [0.4, 0.5) is 0 Å². The van der Waals surface area contributed by atoms with E-state index in [1.165, 1.54) is 12.0 Å². The zero-order valence-electron chi connectivity index (χ0n) is 13.6. The molecule has 0 radical (unpaired) electrons. The first-order valence-corrected chi connectivity index (χ1v) is 9.78. The molecule has 1 aliphatic rings. The van der Waals surface area contributed by atoms with Gasteiger partial charge in [-0.2, -0.15) is 0 Å². The fraction of sp³-hybridized carbons (Fsp3) is 0.500. The molecule has 132 valence electrons. The van der Waals surface area contributed by atoms with Gasteiger partial charge < -0.3 is 9.64 Å². The second-order valence-corrected chi connectivity index (χ2v) is 8.46. The van der Waals surface area contributed by atoms with Crippen LogP contribution in [0.25, 0.3) is 0 Å². The van der Waals surface area contributed by atoms with Crippen LogP contribution in [0.1, 0.15) is 18.9 Å². The molecule has 0 N–H and O–H groups in total. The molecule has 1 fully saturated rings. The number of hydrogen-bond donors (Lipinski definition) is 0. The quantitative estimate of drug-likeness (QED) is 0.730. The molecule has 0 aromatic heterocycles. The molecule has 2 atom stereocenters. The maximum Gasteiger partial charge on any atom is 0.328 e. The maximum atomic E-state index is 12.8. The van der Waals surface area contributed by atoms with E-state index in [-0.39, 0.29) is 23.8 Å². The van der Waals surface area contributed by atoms with E-state index in [0.717, 1.165) is 0 Å². The monoisotopic (exact) mass is 373 g/mol. The van der Waals surface area contributed by atoms with Crippen molar-refractivity contribution in [2.75, 3.05) is 18.6 Å². The largest absolute Gasteiger partial charge is 0.467 e. The van der Waals surface area contributed by atoms with Gasteiger partial charge in [-0.25, -0.2) is 13.2 Å². The first-order valence-electron chi connectivity index (χ1n) is 7.58. The van der Waals surface area contributed by atoms with Gasteiger partial charge in [-0.15, -0.1) is 0 Å². The molecule has 1 heterocycles. The average Bonchev–Trinajstić information content (AvgIpc) is 2.88. The number of benzene rings is 1. The van der Waals surface area contributed by atoms with E-state index in [4.69, 9.17) is 16.3 Å². The Bertz CT molecular complexity index is 734. The minimum Gasteiger partial charge on any atom is -0.467 e. The van der Waals surface area contributed by atoms with E-state index >= 15 is 0 Å². The Morgan fingerprint density at radius 2 is 2.04 bits per heavy atom. The van der Waals surface area contributed by atoms with Crippen LogP contribution < -0.4 is 0 Å². The van der Waals surface area contributed by atoms with Crippen molar-refractivity contribution in [3.05, 3.63) is 34.9 Å². The van der Waals surface area contributed by atoms with Crippen LogP contribution >= 0.6 is 11.6 Å². The Kier molecular flexibility index (Phi) is 5.87. The van der Waals surface area contributed by atoms with Crippen molar-refractivity contribution in [2.24, 2.45) is 0 Å². The topological polar surface area (TPSA) is 80.8 Å². The number of methoxy groups -OCH3 is 1. The molecule has 6 nitrogen and oxygen atoms in total. The highest BCUT2D eigenvalue weighted by atomic mass is 35.5. The Hall–Kier alpha value is -1.60. The number of ether oxygens (including phenoxy) is 1. The molecule has 1 aliphatic heterocycles. The number of sulfone groups is 1. The van der Waals surface area contributed by atoms with Gasteiger partial charge in [0.05, 0.1) is 25.0 Å². The molecule has 0 aliphatic carbocycles. The number of halogens is 1. The summed E-state index contributed by atoms with van der Waals surface area (Å²) < 4.78 is 28.3. The zero-order valence-corrected chi connectivity index (χ0v) is 15.1. The van der Waals surface area contributed by atoms with Crippen LogP contribution in [0, 0.1) is 0 Å². The second-order valence-electron chi connectivity index (χ2n) is 5.83. The van der Waals surface area contributed by atoms with Crippen molar-refractivity contribution in [3.63, 3.8) is 0 Å². The summed E-state index contributed by atoms with van der Waals surface area (Å²) in [5.74, 6) is -1.04. The average molecular weight is 374 g/mol. The van der Waals surface area contributed by atoms with Gasteiger partial charge in [0.1, 0.15) is 6.04 Å². The predicted octanol–water partition coefficient (Wildman–Crippen LogP) is 1.46. The zero-order chi connectivity index (χ0) is 17.9. The summed E-state index contributed by atoms with van der Waals surface area (Å²) in [6.45, 7) is 1.54. The SMILES string of the molecule is COC(=O)[C@H](C)N(C(=O)Cc1ccccc1Cl)[C@H]1CCS(=O)(=O)C1. The molecule has 1 aromatic carbocycles. The number of carbonyl (C=O) groups excluding carboxylic acids is 2. The summed E-state index contributed by atoms with van der Waals surface area (Å²) in [7, 11) is -1.96. The number of nitrogens with zero attached hydrogens (tertiary/aromatic N) is 1. The molecule has 0 bridgehead atoms. The third-order valence-electron chi connectivity index (χ3n) is 4.15. The van der Waals surface area contributed by atoms with E-state index in [1.54, 1.807) is 31.2 Å². The fourth-order valence-corrected chi connectivity index (χ4v) is 4.82. The van der Waals surface area contributed by atoms with Crippen LogP contribution in [0.15, 0.2) is 24.3 Å². The van der Waals surface area contributed by atoms with Crippen molar-refractivity contribution in [3.8, 4) is 0 Å². The van der Waals surface area contributed by atoms with Gasteiger partial charge in [0, 0.05) is 11.1 Å². The maximum absolute atomic E-state index is 12.8. The fourth-order valence-electron chi connectivity index (χ4n) is 2.91. The lowest BCUT2D eigenvalue weighted by Crippen LogP contribution is -2.50. The molecule has 0 saturated carbocycles. The molecule has 1 amide bonds. The summed E-state index contributed by atoms with van der Waals surface area (Å²) in [4.78, 5) is 26.0. The standard InChI is InChI=1S/C16H20ClNO5S/c1-11(16(20)23-2)18(13-7-8-24(21,22)10-13)15(19)9-12-5-3-4-6-14(12)17/h3-6,11,13H,7-10H2,1-2H3/t11-,13-/m0/s1. The molecule has 24 heavy (non-hydrogen) atoms. The lowest BCUT2D eigenvalue weighted by atomic mass is 10.1. The van der Waals surface area contributed by atoms with Gasteiger partial charge in [0.15, 0.2) is 9.84 Å². The Morgan fingerprint density at radius 1 is 1.38 bits per heavy atom. The van der Waals surface area contributed by atoms with Crippen LogP contribution in [-0.2, 0) is 30.6 Å². The van der Waals surface area contributed by atoms with Gasteiger partial charge >= 0.3 is 5.97 Å². The third kappa shape index (κ3) is 4.27. The summed E-state index contributed by atoms with van der Waals surface area (Å²) in [5, 5.41) is 0.454. The van der Waals surface area contributed by atoms with E-state index in [1.807, 2.05) is 0 Å². The third-order valence-corrected chi connectivity index (χ3v) is 6.27. The van der Waals surface area contributed by atoms with Crippen molar-refractivity contribution < 1.29 is 22.7 Å². The van der Waals surface area contributed by atoms with E-state index in [0.29, 0.717) is 17.0 Å². The van der Waals surface area contributed by atoms with Crippen LogP contribution in [-0.4, -0.2) is 55.9 Å².